The Morgan fingerprint density at radius 3 is 1.73 bits per heavy atom. The van der Waals surface area contributed by atoms with Crippen LogP contribution in [-0.4, -0.2) is 50.8 Å². The molecule has 1 aliphatic rings. The van der Waals surface area contributed by atoms with Crippen molar-refractivity contribution in [3.63, 3.8) is 0 Å². The molecule has 0 radical (unpaired) electrons. The van der Waals surface area contributed by atoms with Gasteiger partial charge in [0.05, 0.1) is 18.8 Å². The van der Waals surface area contributed by atoms with E-state index in [1.165, 1.54) is 10.4 Å². The fourth-order valence-corrected chi connectivity index (χ4v) is 10.3. The molecule has 0 amide bonds. The highest BCUT2D eigenvalue weighted by molar-refractivity contribution is 7.00. The molecule has 37 heavy (non-hydrogen) atoms. The van der Waals surface area contributed by atoms with E-state index in [1.807, 2.05) is 24.3 Å². The van der Waals surface area contributed by atoms with Crippen molar-refractivity contribution in [2.24, 2.45) is 0 Å². The summed E-state index contributed by atoms with van der Waals surface area (Å²) in [7, 11) is -2.72. The maximum absolute atomic E-state index is 13.9. The van der Waals surface area contributed by atoms with Gasteiger partial charge in [-0.2, -0.15) is 0 Å². The maximum atomic E-state index is 13.9. The molecule has 5 heteroatoms. The van der Waals surface area contributed by atoms with Gasteiger partial charge in [-0.1, -0.05) is 95.3 Å². The molecule has 3 aromatic carbocycles. The average molecular weight is 516 g/mol. The van der Waals surface area contributed by atoms with Gasteiger partial charge in [-0.25, -0.2) is 0 Å². The zero-order valence-corrected chi connectivity index (χ0v) is 24.0. The Labute approximate surface area is 223 Å². The molecule has 0 unspecified atom stereocenters. The number of rotatable bonds is 9. The fourth-order valence-electron chi connectivity index (χ4n) is 5.92. The Balaban J connectivity index is 1.71. The van der Waals surface area contributed by atoms with Crippen molar-refractivity contribution in [3.8, 4) is 5.75 Å². The summed E-state index contributed by atoms with van der Waals surface area (Å²) in [6.07, 6.45) is 1.56. The monoisotopic (exact) mass is 515 g/mol. The highest BCUT2D eigenvalue weighted by Crippen LogP contribution is 2.38. The van der Waals surface area contributed by atoms with E-state index in [2.05, 4.69) is 100 Å². The van der Waals surface area contributed by atoms with E-state index in [9.17, 15) is 4.79 Å². The molecule has 4 rings (SSSR count). The molecule has 0 aliphatic carbocycles. The van der Waals surface area contributed by atoms with Crippen LogP contribution in [0.4, 0.5) is 0 Å². The van der Waals surface area contributed by atoms with Gasteiger partial charge in [0, 0.05) is 18.7 Å². The van der Waals surface area contributed by atoms with Crippen LogP contribution in [0.3, 0.4) is 0 Å². The first-order chi connectivity index (χ1) is 17.8. The van der Waals surface area contributed by atoms with Crippen molar-refractivity contribution in [3.05, 3.63) is 90.5 Å². The van der Waals surface area contributed by atoms with Crippen LogP contribution >= 0.6 is 0 Å². The van der Waals surface area contributed by atoms with E-state index in [0.29, 0.717) is 13.2 Å². The minimum absolute atomic E-state index is 0.125. The van der Waals surface area contributed by atoms with E-state index in [4.69, 9.17) is 9.16 Å². The van der Waals surface area contributed by atoms with Crippen molar-refractivity contribution in [1.29, 1.82) is 0 Å². The molecule has 4 nitrogen and oxygen atoms in total. The molecular formula is C32H41NO3Si. The van der Waals surface area contributed by atoms with E-state index in [1.54, 1.807) is 0 Å². The van der Waals surface area contributed by atoms with Crippen molar-refractivity contribution in [2.75, 3.05) is 26.3 Å². The van der Waals surface area contributed by atoms with Gasteiger partial charge in [0.2, 0.25) is 0 Å². The number of carbonyl (C=O) groups is 1. The molecule has 1 saturated heterocycles. The van der Waals surface area contributed by atoms with Crippen molar-refractivity contribution >= 4 is 24.5 Å². The second kappa shape index (κ2) is 11.3. The maximum Gasteiger partial charge on any atom is 0.319 e. The summed E-state index contributed by atoms with van der Waals surface area (Å²) in [5.41, 5.74) is 0.245. The van der Waals surface area contributed by atoms with Gasteiger partial charge in [-0.05, 0) is 52.5 Å². The Morgan fingerprint density at radius 1 is 0.811 bits per heavy atom. The van der Waals surface area contributed by atoms with Gasteiger partial charge in [0.25, 0.3) is 0 Å². The highest BCUT2D eigenvalue weighted by Gasteiger charge is 2.52. The molecule has 0 atom stereocenters. The van der Waals surface area contributed by atoms with Gasteiger partial charge < -0.3 is 9.16 Å². The van der Waals surface area contributed by atoms with Crippen LogP contribution in [0.2, 0.25) is 5.04 Å². The standard InChI is InChI=1S/C32H41NO3Si/c1-6-32(7-2,33-22-24-35-25-23-33)30(34)26-18-20-27(21-19-26)36-37(31(3,4)5,28-14-10-8-11-15-28)29-16-12-9-13-17-29/h8-21H,6-7,22-25H2,1-5H3. The third-order valence-corrected chi connectivity index (χ3v) is 13.0. The van der Waals surface area contributed by atoms with Crippen molar-refractivity contribution < 1.29 is 14.0 Å². The Kier molecular flexibility index (Phi) is 8.37. The molecular weight excluding hydrogens is 474 g/mol. The van der Waals surface area contributed by atoms with Crippen LogP contribution in [-0.2, 0) is 4.74 Å². The number of carbonyl (C=O) groups excluding carboxylic acids is 1. The van der Waals surface area contributed by atoms with Gasteiger partial charge >= 0.3 is 8.32 Å². The number of Topliss-reactive ketones (excluding diaryl/α,β-unsaturated/α-hetero) is 1. The molecule has 0 spiro atoms. The molecule has 0 bridgehead atoms. The molecule has 0 aromatic heterocycles. The largest absolute Gasteiger partial charge is 0.534 e. The van der Waals surface area contributed by atoms with Gasteiger partial charge in [0.1, 0.15) is 5.75 Å². The summed E-state index contributed by atoms with van der Waals surface area (Å²) < 4.78 is 12.7. The first kappa shape index (κ1) is 27.3. The Hall–Kier alpha value is -2.73. The van der Waals surface area contributed by atoms with E-state index < -0.39 is 13.9 Å². The van der Waals surface area contributed by atoms with E-state index in [0.717, 1.165) is 37.2 Å². The molecule has 1 fully saturated rings. The number of hydrogen-bond donors (Lipinski definition) is 0. The predicted octanol–water partition coefficient (Wildman–Crippen LogP) is 5.70. The van der Waals surface area contributed by atoms with Crippen LogP contribution < -0.4 is 14.8 Å². The van der Waals surface area contributed by atoms with Crippen molar-refractivity contribution in [2.45, 2.75) is 58.0 Å². The van der Waals surface area contributed by atoms with Crippen LogP contribution in [0.25, 0.3) is 0 Å². The van der Waals surface area contributed by atoms with Crippen LogP contribution in [0.1, 0.15) is 57.8 Å². The third-order valence-electron chi connectivity index (χ3n) is 8.01. The predicted molar refractivity (Wildman–Crippen MR) is 155 cm³/mol. The summed E-state index contributed by atoms with van der Waals surface area (Å²) in [5, 5.41) is 2.34. The fraction of sp³-hybridized carbons (Fsp3) is 0.406. The smallest absolute Gasteiger partial charge is 0.319 e. The van der Waals surface area contributed by atoms with Crippen molar-refractivity contribution in [1.82, 2.24) is 4.90 Å². The number of hydrogen-bond acceptors (Lipinski definition) is 4. The molecule has 3 aromatic rings. The topological polar surface area (TPSA) is 38.8 Å². The number of ketones is 1. The average Bonchev–Trinajstić information content (AvgIpc) is 2.94. The van der Waals surface area contributed by atoms with Gasteiger partial charge in [-0.3, -0.25) is 9.69 Å². The molecule has 0 saturated carbocycles. The molecule has 1 heterocycles. The lowest BCUT2D eigenvalue weighted by molar-refractivity contribution is -0.0175. The van der Waals surface area contributed by atoms with Crippen LogP contribution in [0.15, 0.2) is 84.9 Å². The summed E-state index contributed by atoms with van der Waals surface area (Å²) in [6, 6.07) is 29.2. The SMILES string of the molecule is CCC(CC)(C(=O)c1ccc(O[Si](c2ccccc2)(c2ccccc2)C(C)(C)C)cc1)N1CCOCC1. The number of benzene rings is 3. The Bertz CT molecular complexity index is 1110. The quantitative estimate of drug-likeness (QED) is 0.271. The Morgan fingerprint density at radius 2 is 1.30 bits per heavy atom. The lowest BCUT2D eigenvalue weighted by Crippen LogP contribution is -2.68. The second-order valence-corrected chi connectivity index (χ2v) is 15.2. The van der Waals surface area contributed by atoms with Crippen LogP contribution in [0.5, 0.6) is 5.75 Å². The first-order valence-electron chi connectivity index (χ1n) is 13.6. The first-order valence-corrected chi connectivity index (χ1v) is 15.5. The number of ether oxygens (including phenoxy) is 1. The summed E-state index contributed by atoms with van der Waals surface area (Å²) in [5.74, 6) is 0.993. The summed E-state index contributed by atoms with van der Waals surface area (Å²) in [4.78, 5) is 16.2. The minimum atomic E-state index is -2.72. The zero-order valence-electron chi connectivity index (χ0n) is 23.0. The number of morpholine rings is 1. The number of nitrogens with zero attached hydrogens (tertiary/aromatic N) is 1. The van der Waals surface area contributed by atoms with Crippen LogP contribution in [0, 0.1) is 0 Å². The molecule has 1 aliphatic heterocycles. The summed E-state index contributed by atoms with van der Waals surface area (Å²) >= 11 is 0. The second-order valence-electron chi connectivity index (χ2n) is 11.0. The van der Waals surface area contributed by atoms with Gasteiger partial charge in [-0.15, -0.1) is 0 Å². The zero-order chi connectivity index (χ0) is 26.5. The summed E-state index contributed by atoms with van der Waals surface area (Å²) in [6.45, 7) is 14.0. The molecule has 0 N–H and O–H groups in total. The van der Waals surface area contributed by atoms with E-state index >= 15 is 0 Å². The highest BCUT2D eigenvalue weighted by atomic mass is 28.4. The third kappa shape index (κ3) is 5.18. The lowest BCUT2D eigenvalue weighted by Gasteiger charge is -2.44. The van der Waals surface area contributed by atoms with Gasteiger partial charge in [0.15, 0.2) is 5.78 Å². The molecule has 196 valence electrons. The minimum Gasteiger partial charge on any atom is -0.534 e. The normalized spacial score (nSPS) is 15.4. The van der Waals surface area contributed by atoms with E-state index in [-0.39, 0.29) is 10.8 Å². The lowest BCUT2D eigenvalue weighted by atomic mass is 9.82.